The molecule has 2 saturated heterocycles. The quantitative estimate of drug-likeness (QED) is 0.297. The molecular weight excluding hydrogens is 546 g/mol. The highest BCUT2D eigenvalue weighted by Gasteiger charge is 2.75. The van der Waals surface area contributed by atoms with E-state index in [9.17, 15) is 32.3 Å². The monoisotopic (exact) mass is 559 g/mol. The first kappa shape index (κ1) is 24.8. The topological polar surface area (TPSA) is 80.8 Å². The van der Waals surface area contributed by atoms with E-state index in [2.05, 4.69) is 0 Å². The van der Waals surface area contributed by atoms with Crippen molar-refractivity contribution in [3.63, 3.8) is 0 Å². The van der Waals surface area contributed by atoms with Crippen LogP contribution in [0.2, 0.25) is 10.0 Å². The first-order valence-electron chi connectivity index (χ1n) is 11.3. The molecule has 38 heavy (non-hydrogen) atoms. The summed E-state index contributed by atoms with van der Waals surface area (Å²) in [6.07, 6.45) is -6.07. The predicted octanol–water partition coefficient (Wildman–Crippen LogP) is 5.71. The Labute approximate surface area is 222 Å². The minimum absolute atomic E-state index is 0.0249. The van der Waals surface area contributed by atoms with E-state index in [1.54, 1.807) is 12.1 Å². The van der Waals surface area contributed by atoms with Crippen LogP contribution in [0.4, 0.5) is 18.9 Å². The molecule has 3 aromatic carbocycles. The van der Waals surface area contributed by atoms with Crippen molar-refractivity contribution >= 4 is 52.3 Å². The lowest BCUT2D eigenvalue weighted by Gasteiger charge is -2.27. The number of ketones is 2. The third kappa shape index (κ3) is 3.25. The number of rotatable bonds is 2. The van der Waals surface area contributed by atoms with Crippen LogP contribution in [0, 0.1) is 11.8 Å². The molecule has 2 fully saturated rings. The average molecular weight is 560 g/mol. The molecule has 2 amide bonds. The fourth-order valence-corrected chi connectivity index (χ4v) is 6.12. The van der Waals surface area contributed by atoms with Gasteiger partial charge in [0, 0.05) is 26.7 Å². The molecule has 1 spiro atoms. The Balaban J connectivity index is 1.54. The van der Waals surface area contributed by atoms with Crippen molar-refractivity contribution in [1.82, 2.24) is 0 Å². The van der Waals surface area contributed by atoms with Gasteiger partial charge in [0.15, 0.2) is 0 Å². The molecule has 0 unspecified atom stereocenters. The summed E-state index contributed by atoms with van der Waals surface area (Å²) in [5.41, 5.74) is -3.54. The van der Waals surface area contributed by atoms with Gasteiger partial charge in [-0.1, -0.05) is 59.6 Å². The summed E-state index contributed by atoms with van der Waals surface area (Å²) >= 11 is 12.4. The molecule has 3 aromatic rings. The molecular formula is C27H14Cl2F3NO5. The van der Waals surface area contributed by atoms with E-state index in [1.165, 1.54) is 36.4 Å². The highest BCUT2D eigenvalue weighted by atomic mass is 35.5. The van der Waals surface area contributed by atoms with E-state index < -0.39 is 58.7 Å². The Morgan fingerprint density at radius 1 is 0.816 bits per heavy atom. The number of Topliss-reactive ketones (excluding diaryl/α,β-unsaturated/α-hetero) is 2. The third-order valence-electron chi connectivity index (χ3n) is 7.22. The van der Waals surface area contributed by atoms with Gasteiger partial charge in [-0.25, -0.2) is 4.90 Å². The number of hydrogen-bond acceptors (Lipinski definition) is 5. The molecule has 0 aromatic heterocycles. The summed E-state index contributed by atoms with van der Waals surface area (Å²) in [5.74, 6) is -6.57. The number of fused-ring (bicyclic) bond motifs is 3. The van der Waals surface area contributed by atoms with Crippen molar-refractivity contribution in [2.24, 2.45) is 11.8 Å². The summed E-state index contributed by atoms with van der Waals surface area (Å²) < 4.78 is 46.4. The minimum atomic E-state index is -4.74. The zero-order valence-electron chi connectivity index (χ0n) is 19.0. The number of nitrogens with zero attached hydrogens (tertiary/aromatic N) is 1. The standard InChI is InChI=1S/C27H14Cl2F3NO5/c28-13-8-9-17(18(29)11-13)21-19-20(26(38-21)22(34)15-6-1-2-7-16(15)23(26)35)25(37)33(24(19)36)14-5-3-4-12(10-14)27(30,31)32/h1-11,19-21H/t19-,20-,21-/m1/s1. The number of amides is 2. The SMILES string of the molecule is O=C1[C@H]2[C@@H](c3ccc(Cl)cc3Cl)OC3(C(=O)c4ccccc4C3=O)[C@H]2C(=O)N1c1cccc(C(F)(F)F)c1. The van der Waals surface area contributed by atoms with E-state index in [0.717, 1.165) is 12.1 Å². The van der Waals surface area contributed by atoms with Gasteiger partial charge in [-0.15, -0.1) is 0 Å². The third-order valence-corrected chi connectivity index (χ3v) is 7.78. The van der Waals surface area contributed by atoms with E-state index in [-0.39, 0.29) is 32.4 Å². The van der Waals surface area contributed by atoms with Crippen molar-refractivity contribution < 1.29 is 37.1 Å². The van der Waals surface area contributed by atoms with E-state index in [0.29, 0.717) is 11.0 Å². The highest BCUT2D eigenvalue weighted by molar-refractivity contribution is 6.37. The normalized spacial score (nSPS) is 23.9. The van der Waals surface area contributed by atoms with Crippen LogP contribution in [-0.2, 0) is 20.5 Å². The number of carbonyl (C=O) groups is 4. The van der Waals surface area contributed by atoms with E-state index in [1.807, 2.05) is 0 Å². The molecule has 11 heteroatoms. The Bertz CT molecular complexity index is 1550. The number of hydrogen-bond donors (Lipinski definition) is 0. The number of halogens is 5. The average Bonchev–Trinajstić information content (AvgIpc) is 3.43. The second kappa shape index (κ2) is 8.23. The summed E-state index contributed by atoms with van der Waals surface area (Å²) in [4.78, 5) is 55.7. The highest BCUT2D eigenvalue weighted by Crippen LogP contribution is 2.58. The molecule has 0 N–H and O–H groups in total. The number of ether oxygens (including phenoxy) is 1. The van der Waals surface area contributed by atoms with Gasteiger partial charge < -0.3 is 4.74 Å². The molecule has 0 saturated carbocycles. The lowest BCUT2D eigenvalue weighted by Crippen LogP contribution is -2.51. The lowest BCUT2D eigenvalue weighted by atomic mass is 9.77. The lowest BCUT2D eigenvalue weighted by molar-refractivity contribution is -0.137. The second-order valence-electron chi connectivity index (χ2n) is 9.21. The number of imide groups is 1. The van der Waals surface area contributed by atoms with Gasteiger partial charge in [-0.05, 0) is 30.3 Å². The number of anilines is 1. The molecule has 3 aliphatic rings. The number of benzene rings is 3. The molecule has 6 nitrogen and oxygen atoms in total. The van der Waals surface area contributed by atoms with Crippen LogP contribution >= 0.6 is 23.2 Å². The minimum Gasteiger partial charge on any atom is -0.349 e. The van der Waals surface area contributed by atoms with Gasteiger partial charge in [0.05, 0.1) is 29.2 Å². The Kier molecular flexibility index (Phi) is 5.37. The van der Waals surface area contributed by atoms with Crippen molar-refractivity contribution in [2.45, 2.75) is 17.9 Å². The van der Waals surface area contributed by atoms with E-state index >= 15 is 0 Å². The molecule has 2 heterocycles. The number of carbonyl (C=O) groups excluding carboxylic acids is 4. The first-order valence-corrected chi connectivity index (χ1v) is 12.1. The summed E-state index contributed by atoms with van der Waals surface area (Å²) in [6.45, 7) is 0. The molecule has 192 valence electrons. The van der Waals surface area contributed by atoms with Crippen molar-refractivity contribution in [3.05, 3.63) is 99.0 Å². The van der Waals surface area contributed by atoms with Gasteiger partial charge in [0.1, 0.15) is 0 Å². The Morgan fingerprint density at radius 2 is 1.47 bits per heavy atom. The van der Waals surface area contributed by atoms with Gasteiger partial charge in [0.2, 0.25) is 29.0 Å². The van der Waals surface area contributed by atoms with Crippen LogP contribution in [0.25, 0.3) is 0 Å². The largest absolute Gasteiger partial charge is 0.416 e. The fraction of sp³-hybridized carbons (Fsp3) is 0.185. The first-order chi connectivity index (χ1) is 18.0. The zero-order chi connectivity index (χ0) is 27.1. The van der Waals surface area contributed by atoms with Crippen LogP contribution in [0.5, 0.6) is 0 Å². The zero-order valence-corrected chi connectivity index (χ0v) is 20.5. The number of alkyl halides is 3. The summed E-state index contributed by atoms with van der Waals surface area (Å²) in [7, 11) is 0. The van der Waals surface area contributed by atoms with Gasteiger partial charge in [-0.3, -0.25) is 19.2 Å². The van der Waals surface area contributed by atoms with Gasteiger partial charge >= 0.3 is 6.18 Å². The van der Waals surface area contributed by atoms with Crippen LogP contribution in [0.15, 0.2) is 66.7 Å². The van der Waals surface area contributed by atoms with Gasteiger partial charge in [-0.2, -0.15) is 13.2 Å². The predicted molar refractivity (Wildman–Crippen MR) is 129 cm³/mol. The Hall–Kier alpha value is -3.53. The van der Waals surface area contributed by atoms with Crippen LogP contribution in [0.3, 0.4) is 0 Å². The maximum Gasteiger partial charge on any atom is 0.416 e. The molecule has 6 rings (SSSR count). The second-order valence-corrected chi connectivity index (χ2v) is 10.1. The van der Waals surface area contributed by atoms with Crippen molar-refractivity contribution in [2.75, 3.05) is 4.90 Å². The van der Waals surface area contributed by atoms with Crippen molar-refractivity contribution in [3.8, 4) is 0 Å². The smallest absolute Gasteiger partial charge is 0.349 e. The van der Waals surface area contributed by atoms with Crippen LogP contribution < -0.4 is 4.90 Å². The van der Waals surface area contributed by atoms with E-state index in [4.69, 9.17) is 27.9 Å². The maximum absolute atomic E-state index is 13.9. The molecule has 0 bridgehead atoms. The van der Waals surface area contributed by atoms with Crippen LogP contribution in [-0.4, -0.2) is 29.0 Å². The molecule has 0 radical (unpaired) electrons. The summed E-state index contributed by atoms with van der Waals surface area (Å²) in [5, 5.41) is 0.328. The Morgan fingerprint density at radius 3 is 2.08 bits per heavy atom. The van der Waals surface area contributed by atoms with Crippen molar-refractivity contribution in [1.29, 1.82) is 0 Å². The fourth-order valence-electron chi connectivity index (χ4n) is 5.61. The molecule has 3 atom stereocenters. The molecule has 1 aliphatic carbocycles. The van der Waals surface area contributed by atoms with Gasteiger partial charge in [0.25, 0.3) is 0 Å². The summed E-state index contributed by atoms with van der Waals surface area (Å²) in [6, 6.07) is 13.9. The maximum atomic E-state index is 13.9. The molecule has 2 aliphatic heterocycles. The van der Waals surface area contributed by atoms with Crippen LogP contribution in [0.1, 0.15) is 37.9 Å².